The molecule has 0 aliphatic carbocycles. The van der Waals surface area contributed by atoms with Crippen molar-refractivity contribution in [2.45, 2.75) is 38.7 Å². The molecule has 1 aromatic rings. The highest BCUT2D eigenvalue weighted by atomic mass is 19.3. The predicted octanol–water partition coefficient (Wildman–Crippen LogP) is 2.87. The molecule has 1 N–H and O–H groups in total. The first-order valence-corrected chi connectivity index (χ1v) is 6.36. The fourth-order valence-corrected chi connectivity index (χ4v) is 2.08. The van der Waals surface area contributed by atoms with Gasteiger partial charge >= 0.3 is 0 Å². The van der Waals surface area contributed by atoms with Crippen LogP contribution in [0.25, 0.3) is 0 Å². The molecule has 1 fully saturated rings. The number of ether oxygens (including phenoxy) is 2. The van der Waals surface area contributed by atoms with Crippen LogP contribution in [-0.2, 0) is 16.0 Å². The molecule has 1 unspecified atom stereocenters. The highest BCUT2D eigenvalue weighted by Gasteiger charge is 2.32. The summed E-state index contributed by atoms with van der Waals surface area (Å²) in [5.74, 6) is -0.526. The molecule has 5 heteroatoms. The maximum atomic E-state index is 12.5. The third-order valence-corrected chi connectivity index (χ3v) is 2.97. The number of rotatable bonds is 5. The second-order valence-electron chi connectivity index (χ2n) is 5.13. The average Bonchev–Trinajstić information content (AvgIpc) is 2.69. The van der Waals surface area contributed by atoms with Crippen LogP contribution in [0.1, 0.15) is 31.4 Å². The van der Waals surface area contributed by atoms with Crippen molar-refractivity contribution in [2.75, 3.05) is 13.2 Å². The molecule has 0 saturated carbocycles. The Hall–Kier alpha value is -1.04. The van der Waals surface area contributed by atoms with Crippen molar-refractivity contribution in [3.8, 4) is 0 Å². The molecular weight excluding hydrogens is 252 g/mol. The van der Waals surface area contributed by atoms with Gasteiger partial charge in [-0.15, -0.1) is 0 Å². The van der Waals surface area contributed by atoms with Crippen LogP contribution in [0.15, 0.2) is 24.3 Å². The first-order valence-electron chi connectivity index (χ1n) is 6.36. The Labute approximate surface area is 111 Å². The molecule has 0 bridgehead atoms. The van der Waals surface area contributed by atoms with E-state index >= 15 is 0 Å². The van der Waals surface area contributed by atoms with Crippen LogP contribution >= 0.6 is 0 Å². The van der Waals surface area contributed by atoms with Gasteiger partial charge in [0.25, 0.3) is 6.43 Å². The lowest BCUT2D eigenvalue weighted by Gasteiger charge is -2.17. The zero-order chi connectivity index (χ0) is 13.9. The van der Waals surface area contributed by atoms with E-state index in [9.17, 15) is 8.78 Å². The third-order valence-electron chi connectivity index (χ3n) is 2.97. The van der Waals surface area contributed by atoms with Crippen molar-refractivity contribution in [3.05, 3.63) is 35.4 Å². The topological polar surface area (TPSA) is 30.5 Å². The molecule has 1 aliphatic rings. The van der Waals surface area contributed by atoms with Crippen molar-refractivity contribution in [3.63, 3.8) is 0 Å². The van der Waals surface area contributed by atoms with Crippen molar-refractivity contribution in [1.29, 1.82) is 0 Å². The summed E-state index contributed by atoms with van der Waals surface area (Å²) in [7, 11) is 0. The molecular formula is C14H19F2NO2. The average molecular weight is 271 g/mol. The van der Waals surface area contributed by atoms with E-state index in [2.05, 4.69) is 5.32 Å². The van der Waals surface area contributed by atoms with Crippen LogP contribution in [0.2, 0.25) is 0 Å². The van der Waals surface area contributed by atoms with Gasteiger partial charge in [-0.25, -0.2) is 8.78 Å². The highest BCUT2D eigenvalue weighted by molar-refractivity contribution is 5.24. The second-order valence-corrected chi connectivity index (χ2v) is 5.13. The van der Waals surface area contributed by atoms with Gasteiger partial charge in [0, 0.05) is 18.7 Å². The quantitative estimate of drug-likeness (QED) is 0.893. The van der Waals surface area contributed by atoms with Crippen molar-refractivity contribution in [2.24, 2.45) is 0 Å². The Kier molecular flexibility index (Phi) is 4.50. The van der Waals surface area contributed by atoms with Gasteiger partial charge in [-0.2, -0.15) is 0 Å². The van der Waals surface area contributed by atoms with E-state index in [1.165, 1.54) is 12.1 Å². The molecule has 1 aliphatic heterocycles. The van der Waals surface area contributed by atoms with E-state index in [1.54, 1.807) is 6.07 Å². The van der Waals surface area contributed by atoms with Gasteiger partial charge in [0.2, 0.25) is 0 Å². The molecule has 1 atom stereocenters. The molecule has 1 aromatic carbocycles. The Morgan fingerprint density at radius 2 is 2.21 bits per heavy atom. The molecule has 1 heterocycles. The minimum Gasteiger partial charge on any atom is -0.348 e. The highest BCUT2D eigenvalue weighted by Crippen LogP contribution is 2.22. The van der Waals surface area contributed by atoms with Gasteiger partial charge in [0.05, 0.1) is 12.7 Å². The normalized spacial score (nSPS) is 22.1. The Morgan fingerprint density at radius 3 is 2.84 bits per heavy atom. The predicted molar refractivity (Wildman–Crippen MR) is 68.0 cm³/mol. The number of nitrogens with one attached hydrogen (secondary N) is 1. The third kappa shape index (κ3) is 4.23. The fourth-order valence-electron chi connectivity index (χ4n) is 2.08. The van der Waals surface area contributed by atoms with Crippen LogP contribution in [0, 0.1) is 0 Å². The zero-order valence-electron chi connectivity index (χ0n) is 11.2. The smallest absolute Gasteiger partial charge is 0.263 e. The molecule has 0 aromatic heterocycles. The first-order chi connectivity index (χ1) is 8.96. The van der Waals surface area contributed by atoms with Gasteiger partial charge in [-0.05, 0) is 25.5 Å². The lowest BCUT2D eigenvalue weighted by atomic mass is 10.1. The maximum absolute atomic E-state index is 12.5. The number of hydrogen-bond acceptors (Lipinski definition) is 3. The SMILES string of the molecule is CC1(C)OCC(CNCc2cccc(C(F)F)c2)O1. The summed E-state index contributed by atoms with van der Waals surface area (Å²) in [5.41, 5.74) is 0.900. The van der Waals surface area contributed by atoms with E-state index in [0.717, 1.165) is 5.56 Å². The lowest BCUT2D eigenvalue weighted by molar-refractivity contribution is -0.137. The van der Waals surface area contributed by atoms with Gasteiger partial charge in [0.1, 0.15) is 0 Å². The molecule has 1 saturated heterocycles. The number of hydrogen-bond donors (Lipinski definition) is 1. The van der Waals surface area contributed by atoms with E-state index in [0.29, 0.717) is 19.7 Å². The molecule has 0 amide bonds. The van der Waals surface area contributed by atoms with E-state index < -0.39 is 12.2 Å². The van der Waals surface area contributed by atoms with Crippen LogP contribution in [-0.4, -0.2) is 25.0 Å². The molecule has 106 valence electrons. The lowest BCUT2D eigenvalue weighted by Crippen LogP contribution is -2.30. The molecule has 0 radical (unpaired) electrons. The standard InChI is InChI=1S/C14H19F2NO2/c1-14(2)18-9-12(19-14)8-17-7-10-4-3-5-11(6-10)13(15)16/h3-6,12-13,17H,7-9H2,1-2H3. The Balaban J connectivity index is 1.78. The minimum atomic E-state index is -2.42. The number of alkyl halides is 2. The summed E-state index contributed by atoms with van der Waals surface area (Å²) in [6, 6.07) is 6.43. The van der Waals surface area contributed by atoms with E-state index in [-0.39, 0.29) is 11.7 Å². The van der Waals surface area contributed by atoms with Crippen molar-refractivity contribution >= 4 is 0 Å². The molecule has 3 nitrogen and oxygen atoms in total. The Morgan fingerprint density at radius 1 is 1.42 bits per heavy atom. The zero-order valence-corrected chi connectivity index (χ0v) is 11.2. The number of halogens is 2. The maximum Gasteiger partial charge on any atom is 0.263 e. The summed E-state index contributed by atoms with van der Waals surface area (Å²) in [5, 5.41) is 3.20. The molecule has 2 rings (SSSR count). The van der Waals surface area contributed by atoms with Crippen LogP contribution < -0.4 is 5.32 Å². The number of benzene rings is 1. The second kappa shape index (κ2) is 5.94. The summed E-state index contributed by atoms with van der Waals surface area (Å²) in [6.07, 6.45) is -2.42. The van der Waals surface area contributed by atoms with Gasteiger partial charge in [0.15, 0.2) is 5.79 Å². The largest absolute Gasteiger partial charge is 0.348 e. The monoisotopic (exact) mass is 271 g/mol. The summed E-state index contributed by atoms with van der Waals surface area (Å²) >= 11 is 0. The molecule has 19 heavy (non-hydrogen) atoms. The van der Waals surface area contributed by atoms with Crippen LogP contribution in [0.5, 0.6) is 0 Å². The van der Waals surface area contributed by atoms with Crippen LogP contribution in [0.4, 0.5) is 8.78 Å². The van der Waals surface area contributed by atoms with E-state index in [4.69, 9.17) is 9.47 Å². The summed E-state index contributed by atoms with van der Waals surface area (Å²) < 4.78 is 36.2. The van der Waals surface area contributed by atoms with E-state index in [1.807, 2.05) is 19.9 Å². The summed E-state index contributed by atoms with van der Waals surface area (Å²) in [6.45, 7) is 5.48. The van der Waals surface area contributed by atoms with Crippen LogP contribution in [0.3, 0.4) is 0 Å². The van der Waals surface area contributed by atoms with Crippen molar-refractivity contribution < 1.29 is 18.3 Å². The van der Waals surface area contributed by atoms with Gasteiger partial charge < -0.3 is 14.8 Å². The van der Waals surface area contributed by atoms with Gasteiger partial charge in [-0.1, -0.05) is 18.2 Å². The van der Waals surface area contributed by atoms with Crippen molar-refractivity contribution in [1.82, 2.24) is 5.32 Å². The first kappa shape index (κ1) is 14.4. The van der Waals surface area contributed by atoms with Gasteiger partial charge in [-0.3, -0.25) is 0 Å². The fraction of sp³-hybridized carbons (Fsp3) is 0.571. The molecule has 0 spiro atoms. The summed E-state index contributed by atoms with van der Waals surface area (Å²) in [4.78, 5) is 0. The Bertz CT molecular complexity index is 424. The minimum absolute atomic E-state index is 0.00767.